The first kappa shape index (κ1) is 12.1. The number of halogens is 1. The summed E-state index contributed by atoms with van der Waals surface area (Å²) < 4.78 is 12.6. The summed E-state index contributed by atoms with van der Waals surface area (Å²) in [6, 6.07) is 3.96. The summed E-state index contributed by atoms with van der Waals surface area (Å²) in [5, 5.41) is 17.3. The second-order valence-electron chi connectivity index (χ2n) is 2.38. The van der Waals surface area contributed by atoms with Crippen molar-refractivity contribution in [1.82, 2.24) is 0 Å². The SMILES string of the molecule is CC.Cc1cc(B(O)O)ccc1F. The van der Waals surface area contributed by atoms with Gasteiger partial charge in [0.25, 0.3) is 0 Å². The molecule has 1 aromatic rings. The normalized spacial score (nSPS) is 8.77. The van der Waals surface area contributed by atoms with Gasteiger partial charge >= 0.3 is 7.12 Å². The Morgan fingerprint density at radius 3 is 2.15 bits per heavy atom. The van der Waals surface area contributed by atoms with Crippen molar-refractivity contribution in [2.45, 2.75) is 20.8 Å². The van der Waals surface area contributed by atoms with Crippen LogP contribution in [0.5, 0.6) is 0 Å². The Bertz CT molecular complexity index is 264. The quantitative estimate of drug-likeness (QED) is 0.635. The zero-order valence-corrected chi connectivity index (χ0v) is 8.08. The second-order valence-corrected chi connectivity index (χ2v) is 2.38. The molecule has 0 aromatic heterocycles. The van der Waals surface area contributed by atoms with Gasteiger partial charge in [-0.15, -0.1) is 0 Å². The zero-order valence-electron chi connectivity index (χ0n) is 8.08. The topological polar surface area (TPSA) is 40.5 Å². The van der Waals surface area contributed by atoms with Crippen LogP contribution in [-0.4, -0.2) is 17.2 Å². The molecule has 0 unspecified atom stereocenters. The molecule has 13 heavy (non-hydrogen) atoms. The van der Waals surface area contributed by atoms with E-state index in [9.17, 15) is 4.39 Å². The van der Waals surface area contributed by atoms with Gasteiger partial charge in [0.1, 0.15) is 5.82 Å². The van der Waals surface area contributed by atoms with E-state index in [4.69, 9.17) is 10.0 Å². The minimum Gasteiger partial charge on any atom is -0.423 e. The Hall–Kier alpha value is -0.865. The van der Waals surface area contributed by atoms with E-state index in [1.165, 1.54) is 18.2 Å². The van der Waals surface area contributed by atoms with E-state index in [1.54, 1.807) is 6.92 Å². The summed E-state index contributed by atoms with van der Waals surface area (Å²) in [5.74, 6) is -0.339. The van der Waals surface area contributed by atoms with Gasteiger partial charge in [0, 0.05) is 0 Å². The first-order chi connectivity index (χ1) is 6.11. The number of aryl methyl sites for hydroxylation is 1. The second kappa shape index (κ2) is 5.72. The van der Waals surface area contributed by atoms with Gasteiger partial charge in [-0.05, 0) is 24.0 Å². The van der Waals surface area contributed by atoms with E-state index < -0.39 is 7.12 Å². The van der Waals surface area contributed by atoms with Crippen LogP contribution in [0.15, 0.2) is 18.2 Å². The van der Waals surface area contributed by atoms with Crippen molar-refractivity contribution in [3.05, 3.63) is 29.6 Å². The summed E-state index contributed by atoms with van der Waals surface area (Å²) in [7, 11) is -1.52. The zero-order chi connectivity index (χ0) is 10.4. The average Bonchev–Trinajstić information content (AvgIpc) is 2.13. The molecule has 0 radical (unpaired) electrons. The van der Waals surface area contributed by atoms with E-state index >= 15 is 0 Å². The fourth-order valence-electron chi connectivity index (χ4n) is 0.828. The van der Waals surface area contributed by atoms with Crippen LogP contribution in [0.25, 0.3) is 0 Å². The molecule has 0 aliphatic rings. The molecule has 0 fully saturated rings. The molecule has 72 valence electrons. The lowest BCUT2D eigenvalue weighted by molar-refractivity contribution is 0.425. The van der Waals surface area contributed by atoms with Crippen LogP contribution in [0.1, 0.15) is 19.4 Å². The van der Waals surface area contributed by atoms with Crippen LogP contribution in [0.4, 0.5) is 4.39 Å². The Morgan fingerprint density at radius 1 is 1.23 bits per heavy atom. The molecule has 4 heteroatoms. The van der Waals surface area contributed by atoms with Gasteiger partial charge in [-0.2, -0.15) is 0 Å². The first-order valence-corrected chi connectivity index (χ1v) is 4.23. The van der Waals surface area contributed by atoms with E-state index in [2.05, 4.69) is 0 Å². The molecule has 0 amide bonds. The smallest absolute Gasteiger partial charge is 0.423 e. The highest BCUT2D eigenvalue weighted by Crippen LogP contribution is 2.01. The molecule has 1 aromatic carbocycles. The average molecular weight is 184 g/mol. The van der Waals surface area contributed by atoms with E-state index in [1.807, 2.05) is 13.8 Å². The Kier molecular flexibility index (Phi) is 5.34. The Morgan fingerprint density at radius 2 is 1.77 bits per heavy atom. The van der Waals surface area contributed by atoms with Crippen LogP contribution in [0.2, 0.25) is 0 Å². The maximum atomic E-state index is 12.6. The molecule has 0 aliphatic heterocycles. The van der Waals surface area contributed by atoms with Gasteiger partial charge in [-0.25, -0.2) is 4.39 Å². The third-order valence-electron chi connectivity index (χ3n) is 1.48. The highest BCUT2D eigenvalue weighted by atomic mass is 19.1. The third kappa shape index (κ3) is 3.57. The lowest BCUT2D eigenvalue weighted by Gasteiger charge is -2.00. The fourth-order valence-corrected chi connectivity index (χ4v) is 0.828. The minimum atomic E-state index is -1.52. The lowest BCUT2D eigenvalue weighted by Crippen LogP contribution is -2.29. The van der Waals surface area contributed by atoms with Crippen LogP contribution >= 0.6 is 0 Å². The van der Waals surface area contributed by atoms with E-state index in [0.717, 1.165) is 0 Å². The Labute approximate surface area is 78.2 Å². The first-order valence-electron chi connectivity index (χ1n) is 4.23. The van der Waals surface area contributed by atoms with E-state index in [0.29, 0.717) is 11.0 Å². The predicted octanol–water partition coefficient (Wildman–Crippen LogP) is 0.840. The van der Waals surface area contributed by atoms with Crippen molar-refractivity contribution in [3.63, 3.8) is 0 Å². The van der Waals surface area contributed by atoms with Gasteiger partial charge in [0.15, 0.2) is 0 Å². The molecule has 2 nitrogen and oxygen atoms in total. The van der Waals surface area contributed by atoms with Crippen LogP contribution in [0.3, 0.4) is 0 Å². The minimum absolute atomic E-state index is 0.309. The van der Waals surface area contributed by atoms with Crippen molar-refractivity contribution < 1.29 is 14.4 Å². The summed E-state index contributed by atoms with van der Waals surface area (Å²) in [4.78, 5) is 0. The molecule has 0 saturated heterocycles. The number of hydrogen-bond donors (Lipinski definition) is 2. The number of benzene rings is 1. The van der Waals surface area contributed by atoms with Crippen molar-refractivity contribution in [2.24, 2.45) is 0 Å². The molecule has 0 saturated carbocycles. The van der Waals surface area contributed by atoms with Gasteiger partial charge in [0.05, 0.1) is 0 Å². The summed E-state index contributed by atoms with van der Waals surface area (Å²) in [6.45, 7) is 5.57. The largest absolute Gasteiger partial charge is 0.488 e. The van der Waals surface area contributed by atoms with Gasteiger partial charge in [-0.3, -0.25) is 0 Å². The monoisotopic (exact) mass is 184 g/mol. The number of rotatable bonds is 1. The van der Waals surface area contributed by atoms with Crippen molar-refractivity contribution in [3.8, 4) is 0 Å². The lowest BCUT2D eigenvalue weighted by atomic mass is 9.80. The number of hydrogen-bond acceptors (Lipinski definition) is 2. The predicted molar refractivity (Wildman–Crippen MR) is 52.3 cm³/mol. The molecule has 0 heterocycles. The summed E-state index contributed by atoms with van der Waals surface area (Å²) in [6.07, 6.45) is 0. The molecule has 0 aliphatic carbocycles. The standard InChI is InChI=1S/C7H8BFO2.C2H6/c1-5-4-6(8(10)11)2-3-7(5)9;1-2/h2-4,10-11H,1H3;1-2H3. The molecule has 0 atom stereocenters. The van der Waals surface area contributed by atoms with Crippen LogP contribution < -0.4 is 5.46 Å². The molecule has 1 rings (SSSR count). The molecular weight excluding hydrogens is 170 g/mol. The van der Waals surface area contributed by atoms with Gasteiger partial charge in [-0.1, -0.05) is 26.0 Å². The summed E-state index contributed by atoms with van der Waals surface area (Å²) in [5.41, 5.74) is 0.722. The van der Waals surface area contributed by atoms with Crippen molar-refractivity contribution in [2.75, 3.05) is 0 Å². The molecule has 2 N–H and O–H groups in total. The molecular formula is C9H14BFO2. The van der Waals surface area contributed by atoms with Crippen molar-refractivity contribution >= 4 is 12.6 Å². The van der Waals surface area contributed by atoms with Crippen LogP contribution in [0, 0.1) is 12.7 Å². The summed E-state index contributed by atoms with van der Waals surface area (Å²) >= 11 is 0. The van der Waals surface area contributed by atoms with Crippen molar-refractivity contribution in [1.29, 1.82) is 0 Å². The maximum Gasteiger partial charge on any atom is 0.488 e. The highest BCUT2D eigenvalue weighted by Gasteiger charge is 2.11. The third-order valence-corrected chi connectivity index (χ3v) is 1.48. The molecule has 0 spiro atoms. The Balaban J connectivity index is 0.000000671. The van der Waals surface area contributed by atoms with Gasteiger partial charge < -0.3 is 10.0 Å². The molecule has 0 bridgehead atoms. The maximum absolute atomic E-state index is 12.6. The van der Waals surface area contributed by atoms with Gasteiger partial charge in [0.2, 0.25) is 0 Å². The van der Waals surface area contributed by atoms with Crippen LogP contribution in [-0.2, 0) is 0 Å². The van der Waals surface area contributed by atoms with E-state index in [-0.39, 0.29) is 5.82 Å². The highest BCUT2D eigenvalue weighted by molar-refractivity contribution is 6.58. The fraction of sp³-hybridized carbons (Fsp3) is 0.333.